The van der Waals surface area contributed by atoms with E-state index in [1.54, 1.807) is 16.8 Å². The number of halogens is 16. The van der Waals surface area contributed by atoms with Crippen molar-refractivity contribution in [2.24, 2.45) is 18.4 Å². The van der Waals surface area contributed by atoms with E-state index in [9.17, 15) is 55.5 Å². The Kier molecular flexibility index (Phi) is 20.8. The predicted octanol–water partition coefficient (Wildman–Crippen LogP) is 16.0. The monoisotopic (exact) mass is 1490 g/mol. The second-order valence-corrected chi connectivity index (χ2v) is 27.7. The second-order valence-electron chi connectivity index (χ2n) is 27.7. The smallest absolute Gasteiger partial charge is 0.370 e. The average molecular weight is 1490 g/mol. The number of hydrogen-bond acceptors (Lipinski definition) is 16. The number of pyridine rings is 2. The number of carbonyl (C=O) groups is 1. The number of aromatic nitrogens is 8. The van der Waals surface area contributed by atoms with E-state index in [2.05, 4.69) is 41.0 Å². The first kappa shape index (κ1) is 75.7. The van der Waals surface area contributed by atoms with Gasteiger partial charge in [0.05, 0.1) is 34.4 Å². The van der Waals surface area contributed by atoms with E-state index in [1.807, 2.05) is 12.1 Å². The molecule has 34 heteroatoms. The summed E-state index contributed by atoms with van der Waals surface area (Å²) in [6, 6.07) is 18.4. The van der Waals surface area contributed by atoms with Crippen molar-refractivity contribution in [3.63, 3.8) is 0 Å². The Morgan fingerprint density at radius 3 is 1.86 bits per heavy atom. The molecule has 3 aliphatic heterocycles. The van der Waals surface area contributed by atoms with Crippen LogP contribution in [0, 0.1) is 34.0 Å². The summed E-state index contributed by atoms with van der Waals surface area (Å²) in [4.78, 5) is 28.0. The number of carbonyl (C=O) groups excluding carboxylic acids is 1. The zero-order chi connectivity index (χ0) is 76.2. The van der Waals surface area contributed by atoms with Crippen LogP contribution in [-0.2, 0) is 64.5 Å². The van der Waals surface area contributed by atoms with Crippen molar-refractivity contribution in [1.29, 1.82) is 10.5 Å². The maximum atomic E-state index is 15.7. The fourth-order valence-corrected chi connectivity index (χ4v) is 14.9. The van der Waals surface area contributed by atoms with Gasteiger partial charge in [-0.2, -0.15) is 63.2 Å². The Bertz CT molecular complexity index is 4680. The Morgan fingerprint density at radius 2 is 1.28 bits per heavy atom. The lowest BCUT2D eigenvalue weighted by Crippen LogP contribution is -2.47. The highest BCUT2D eigenvalue weighted by Crippen LogP contribution is 2.59. The minimum Gasteiger partial charge on any atom is -0.370 e. The maximum Gasteiger partial charge on any atom is 0.416 e. The molecule has 8 aromatic rings. The number of unbranched alkanes of at least 4 members (excludes halogenated alkanes) is 2. The summed E-state index contributed by atoms with van der Waals surface area (Å²) >= 11 is 0. The quantitative estimate of drug-likeness (QED) is 0.0309. The number of piperidine rings is 1. The molecule has 4 aromatic heterocycles. The number of aliphatic hydroxyl groups is 1. The molecule has 560 valence electrons. The minimum atomic E-state index is -5.17. The van der Waals surface area contributed by atoms with E-state index in [1.165, 1.54) is 83.1 Å². The van der Waals surface area contributed by atoms with E-state index in [0.717, 1.165) is 47.4 Å². The summed E-state index contributed by atoms with van der Waals surface area (Å²) in [5, 5.41) is 53.0. The lowest BCUT2D eigenvalue weighted by molar-refractivity contribution is -0.156. The van der Waals surface area contributed by atoms with Gasteiger partial charge < -0.3 is 34.7 Å². The number of alkyl halides is 16. The van der Waals surface area contributed by atoms with Crippen molar-refractivity contribution < 1.29 is 80.1 Å². The van der Waals surface area contributed by atoms with Crippen LogP contribution in [0.3, 0.4) is 0 Å². The molecule has 12 rings (SSSR count). The molecule has 1 aliphatic carbocycles. The molecule has 2 unspecified atom stereocenters. The van der Waals surface area contributed by atoms with Gasteiger partial charge in [0, 0.05) is 146 Å². The van der Waals surface area contributed by atoms with Gasteiger partial charge in [-0.15, -0.1) is 20.4 Å². The number of benzene rings is 4. The molecule has 1 saturated carbocycles. The number of anilines is 4. The molecule has 106 heavy (non-hydrogen) atoms. The zero-order valence-corrected chi connectivity index (χ0v) is 56.9. The minimum absolute atomic E-state index is 0.0107. The van der Waals surface area contributed by atoms with Gasteiger partial charge in [0.1, 0.15) is 42.2 Å². The molecule has 0 amide bonds. The van der Waals surface area contributed by atoms with Gasteiger partial charge in [0.15, 0.2) is 17.9 Å². The Balaban J connectivity index is 0.878. The largest absolute Gasteiger partial charge is 0.416 e. The highest BCUT2D eigenvalue weighted by atomic mass is 19.4. The third-order valence-corrected chi connectivity index (χ3v) is 19.9. The van der Waals surface area contributed by atoms with Crippen LogP contribution in [0.4, 0.5) is 93.5 Å². The number of nitrogens with one attached hydrogen (secondary N) is 2. The Hall–Kier alpha value is -9.93. The van der Waals surface area contributed by atoms with Crippen LogP contribution in [0.5, 0.6) is 0 Å². The van der Waals surface area contributed by atoms with Gasteiger partial charge in [-0.3, -0.25) is 14.6 Å². The molecule has 7 heterocycles. The molecule has 4 aliphatic rings. The van der Waals surface area contributed by atoms with E-state index in [0.29, 0.717) is 6.42 Å². The van der Waals surface area contributed by atoms with E-state index in [4.69, 9.17) is 0 Å². The first-order valence-corrected chi connectivity index (χ1v) is 33.6. The highest BCUT2D eigenvalue weighted by molar-refractivity contribution is 5.86. The molecule has 1 spiro atoms. The van der Waals surface area contributed by atoms with Crippen molar-refractivity contribution >= 4 is 29.6 Å². The van der Waals surface area contributed by atoms with Crippen LogP contribution in [0.1, 0.15) is 125 Å². The SMILES string of the molecule is C[C@@H]1CN(Cc2cc3c(c(C(F)(F)F)c2)CN(c2cc(-c4cc(C(F)(F)F)ccc4-c4nncn4CC4CC5(CN4Cc4cc(C=O)c(CN(C)c6cc(-c7cc(C(F)(F)F)ccc7-c7nncn7C)cc(NCCCC#N)n6)c(C(F)(F)F)c4)CC(F)(F)C5)cc(NCCCC#N)n2)C3O)CCC1(F)F. The molecule has 3 N–H and O–H groups in total. The fourth-order valence-electron chi connectivity index (χ4n) is 14.9. The molecular weight excluding hydrogens is 1420 g/mol. The number of fused-ring (bicyclic) bond motifs is 1. The summed E-state index contributed by atoms with van der Waals surface area (Å²) in [5.74, 6) is -7.44. The molecule has 18 nitrogen and oxygen atoms in total. The molecule has 4 aromatic carbocycles. The molecular formula is C72H68F16N16O2. The number of aldehydes is 1. The third kappa shape index (κ3) is 16.2. The first-order valence-electron chi connectivity index (χ1n) is 33.6. The topological polar surface area (TPSA) is 209 Å². The fraction of sp³-hybridized carbons (Fsp3) is 0.431. The van der Waals surface area contributed by atoms with Crippen LogP contribution >= 0.6 is 0 Å². The lowest BCUT2D eigenvalue weighted by Gasteiger charge is -2.44. The number of nitrogens with zero attached hydrogens (tertiary/aromatic N) is 14. The van der Waals surface area contributed by atoms with Crippen LogP contribution < -0.4 is 20.4 Å². The summed E-state index contributed by atoms with van der Waals surface area (Å²) in [6.07, 6.45) is -20.1. The number of hydrogen-bond donors (Lipinski definition) is 3. The summed E-state index contributed by atoms with van der Waals surface area (Å²) in [5.41, 5.74) is -7.26. The molecule has 0 radical (unpaired) electrons. The predicted molar refractivity (Wildman–Crippen MR) is 356 cm³/mol. The number of rotatable bonds is 23. The standard InChI is InChI=1S/C72H68F16N16O2/c1-41-29-101(17-12-68(41,75)76)30-43-19-54-56(58(21-43)72(86,87)88)34-104(65(54)106)62-25-45(23-60(96-62)92-16-7-5-14-90)53-27-48(70(80,81)82)9-11-51(53)64-98-94-40-103(64)32-49-28-66(36-67(73,74)37-66)38-102(49)31-42-18-46(35-105)55(57(20-42)71(83,84)85)33-99(2)61-24-44(22-59(95-61)91-15-6-4-13-89)52-26-47(69(77,78)79)8-10-50(52)63-97-93-39-100(63)3/h8-11,18-27,35,39-41,49,65,106H,4-7,12,15-17,28-34,36-38H2,1-3H3,(H,91,95)(H,92,96)/t41-,49?,65?/m1/s1. The van der Waals surface area contributed by atoms with Gasteiger partial charge in [0.25, 0.3) is 5.92 Å². The van der Waals surface area contributed by atoms with Crippen molar-refractivity contribution in [1.82, 2.24) is 49.3 Å². The maximum absolute atomic E-state index is 15.7. The summed E-state index contributed by atoms with van der Waals surface area (Å²) in [7, 11) is 2.92. The summed E-state index contributed by atoms with van der Waals surface area (Å²) < 4.78 is 243. The van der Waals surface area contributed by atoms with Crippen molar-refractivity contribution in [2.75, 3.05) is 60.2 Å². The Labute approximate surface area is 596 Å². The molecule has 3 fully saturated rings. The van der Waals surface area contributed by atoms with E-state index >= 15 is 35.1 Å². The summed E-state index contributed by atoms with van der Waals surface area (Å²) in [6.45, 7) is -0.880. The zero-order valence-electron chi connectivity index (χ0n) is 56.9. The average Bonchev–Trinajstić information content (AvgIpc) is 1.55. The molecule has 0 bridgehead atoms. The van der Waals surface area contributed by atoms with Crippen molar-refractivity contribution in [3.8, 4) is 57.2 Å². The number of aliphatic hydroxyl groups excluding tert-OH is 1. The van der Waals surface area contributed by atoms with Gasteiger partial charge >= 0.3 is 24.7 Å². The van der Waals surface area contributed by atoms with Gasteiger partial charge in [0.2, 0.25) is 5.92 Å². The first-order chi connectivity index (χ1) is 49.9. The van der Waals surface area contributed by atoms with E-state index < -0.39 is 126 Å². The number of likely N-dealkylation sites (tertiary alicyclic amines) is 2. The molecule has 3 atom stereocenters. The van der Waals surface area contributed by atoms with Crippen LogP contribution in [0.15, 0.2) is 97.6 Å². The molecule has 2 saturated heterocycles. The highest BCUT2D eigenvalue weighted by Gasteiger charge is 2.61. The van der Waals surface area contributed by atoms with Gasteiger partial charge in [-0.1, -0.05) is 6.92 Å². The Morgan fingerprint density at radius 1 is 0.698 bits per heavy atom. The third-order valence-electron chi connectivity index (χ3n) is 19.9. The number of nitriles is 2. The van der Waals surface area contributed by atoms with Crippen molar-refractivity contribution in [2.45, 2.75) is 140 Å². The van der Waals surface area contributed by atoms with Crippen molar-refractivity contribution in [3.05, 3.63) is 153 Å². The van der Waals surface area contributed by atoms with Crippen LogP contribution in [0.25, 0.3) is 45.0 Å². The van der Waals surface area contributed by atoms with Gasteiger partial charge in [-0.25, -0.2) is 27.5 Å². The van der Waals surface area contributed by atoms with E-state index in [-0.39, 0.29) is 175 Å². The lowest BCUT2D eigenvalue weighted by atomic mass is 9.65. The number of aryl methyl sites for hydroxylation is 1. The van der Waals surface area contributed by atoms with Crippen LogP contribution in [0.2, 0.25) is 0 Å². The second kappa shape index (κ2) is 29.1. The van der Waals surface area contributed by atoms with Crippen LogP contribution in [-0.4, -0.2) is 118 Å². The van der Waals surface area contributed by atoms with Gasteiger partial charge in [-0.05, 0) is 154 Å². The normalized spacial score (nSPS) is 18.7.